The summed E-state index contributed by atoms with van der Waals surface area (Å²) in [6, 6.07) is 3.59. The second kappa shape index (κ2) is 5.09. The van der Waals surface area contributed by atoms with Crippen LogP contribution in [-0.4, -0.2) is 15.3 Å². The number of aliphatic hydroxyl groups excluding tert-OH is 1. The van der Waals surface area contributed by atoms with Crippen LogP contribution in [0, 0.1) is 0 Å². The van der Waals surface area contributed by atoms with Crippen LogP contribution in [0.15, 0.2) is 16.5 Å². The highest BCUT2D eigenvalue weighted by molar-refractivity contribution is 7.15. The van der Waals surface area contributed by atoms with E-state index in [0.717, 1.165) is 22.3 Å². The molecule has 0 fully saturated rings. The van der Waals surface area contributed by atoms with E-state index in [4.69, 9.17) is 9.52 Å². The van der Waals surface area contributed by atoms with E-state index in [0.29, 0.717) is 12.3 Å². The van der Waals surface area contributed by atoms with Crippen LogP contribution < -0.4 is 5.32 Å². The molecular formula is C10H13N3O2S. The molecule has 2 N–H and O–H groups in total. The van der Waals surface area contributed by atoms with Crippen molar-refractivity contribution in [1.29, 1.82) is 0 Å². The molecule has 5 nitrogen and oxygen atoms in total. The van der Waals surface area contributed by atoms with Gasteiger partial charge in [0, 0.05) is 0 Å². The van der Waals surface area contributed by atoms with Gasteiger partial charge in [-0.15, -0.1) is 10.2 Å². The average molecular weight is 239 g/mol. The second-order valence-corrected chi connectivity index (χ2v) is 4.30. The Morgan fingerprint density at radius 2 is 2.19 bits per heavy atom. The Morgan fingerprint density at radius 3 is 2.81 bits per heavy atom. The fourth-order valence-electron chi connectivity index (χ4n) is 1.23. The fourth-order valence-corrected chi connectivity index (χ4v) is 1.91. The highest BCUT2D eigenvalue weighted by atomic mass is 32.1. The third-order valence-electron chi connectivity index (χ3n) is 2.06. The molecule has 0 aliphatic heterocycles. The van der Waals surface area contributed by atoms with Gasteiger partial charge in [-0.1, -0.05) is 18.3 Å². The molecule has 0 atom stereocenters. The summed E-state index contributed by atoms with van der Waals surface area (Å²) < 4.78 is 5.33. The zero-order valence-electron chi connectivity index (χ0n) is 8.93. The lowest BCUT2D eigenvalue weighted by molar-refractivity contribution is 0.244. The van der Waals surface area contributed by atoms with Crippen LogP contribution in [0.4, 0.5) is 5.13 Å². The van der Waals surface area contributed by atoms with Crippen molar-refractivity contribution in [2.24, 2.45) is 0 Å². The third kappa shape index (κ3) is 2.59. The van der Waals surface area contributed by atoms with E-state index in [2.05, 4.69) is 15.5 Å². The molecule has 2 rings (SSSR count). The zero-order chi connectivity index (χ0) is 11.4. The maximum absolute atomic E-state index is 8.84. The van der Waals surface area contributed by atoms with Crippen molar-refractivity contribution in [3.05, 3.63) is 28.7 Å². The lowest BCUT2D eigenvalue weighted by Gasteiger charge is -1.97. The van der Waals surface area contributed by atoms with E-state index >= 15 is 0 Å². The van der Waals surface area contributed by atoms with Gasteiger partial charge in [0.15, 0.2) is 0 Å². The van der Waals surface area contributed by atoms with Gasteiger partial charge in [0.25, 0.3) is 0 Å². The summed E-state index contributed by atoms with van der Waals surface area (Å²) in [4.78, 5) is 0. The molecule has 0 aromatic carbocycles. The van der Waals surface area contributed by atoms with E-state index in [1.54, 1.807) is 17.4 Å². The molecule has 0 radical (unpaired) electrons. The van der Waals surface area contributed by atoms with Gasteiger partial charge >= 0.3 is 0 Å². The van der Waals surface area contributed by atoms with Gasteiger partial charge in [0.05, 0.1) is 6.54 Å². The van der Waals surface area contributed by atoms with E-state index in [-0.39, 0.29) is 6.61 Å². The first-order valence-electron chi connectivity index (χ1n) is 5.06. The maximum atomic E-state index is 8.84. The molecular weight excluding hydrogens is 226 g/mol. The molecule has 2 aromatic heterocycles. The van der Waals surface area contributed by atoms with E-state index in [9.17, 15) is 0 Å². The Kier molecular flexibility index (Phi) is 3.53. The van der Waals surface area contributed by atoms with Crippen molar-refractivity contribution >= 4 is 16.5 Å². The number of aryl methyl sites for hydroxylation is 1. The number of hydrogen-bond donors (Lipinski definition) is 2. The van der Waals surface area contributed by atoms with Crippen LogP contribution >= 0.6 is 11.3 Å². The number of aromatic nitrogens is 2. The van der Waals surface area contributed by atoms with Crippen molar-refractivity contribution in [2.45, 2.75) is 26.5 Å². The highest BCUT2D eigenvalue weighted by Crippen LogP contribution is 2.17. The summed E-state index contributed by atoms with van der Waals surface area (Å²) in [7, 11) is 0. The normalized spacial score (nSPS) is 10.6. The van der Waals surface area contributed by atoms with Gasteiger partial charge < -0.3 is 14.8 Å². The number of rotatable bonds is 5. The molecule has 86 valence electrons. The molecule has 0 saturated heterocycles. The lowest BCUT2D eigenvalue weighted by Crippen LogP contribution is -1.97. The van der Waals surface area contributed by atoms with Crippen molar-refractivity contribution in [2.75, 3.05) is 5.32 Å². The number of furan rings is 1. The molecule has 0 spiro atoms. The van der Waals surface area contributed by atoms with Crippen LogP contribution in [0.1, 0.15) is 23.5 Å². The first-order chi connectivity index (χ1) is 7.81. The third-order valence-corrected chi connectivity index (χ3v) is 3.08. The van der Waals surface area contributed by atoms with Crippen LogP contribution in [0.2, 0.25) is 0 Å². The lowest BCUT2D eigenvalue weighted by atomic mass is 10.4. The minimum absolute atomic E-state index is 0.0706. The van der Waals surface area contributed by atoms with E-state index in [1.807, 2.05) is 13.0 Å². The largest absolute Gasteiger partial charge is 0.462 e. The molecule has 0 bridgehead atoms. The van der Waals surface area contributed by atoms with Crippen LogP contribution in [-0.2, 0) is 19.6 Å². The zero-order valence-corrected chi connectivity index (χ0v) is 9.75. The summed E-state index contributed by atoms with van der Waals surface area (Å²) in [5.41, 5.74) is 0. The Hall–Kier alpha value is -1.40. The predicted molar refractivity (Wildman–Crippen MR) is 61.2 cm³/mol. The van der Waals surface area contributed by atoms with Crippen molar-refractivity contribution in [3.8, 4) is 0 Å². The monoisotopic (exact) mass is 239 g/mol. The maximum Gasteiger partial charge on any atom is 0.206 e. The summed E-state index contributed by atoms with van der Waals surface area (Å²) in [5, 5.41) is 21.8. The standard InChI is InChI=1S/C10H13N3O2S/c1-2-9-12-13-10(16-9)11-5-7-3-4-8(6-14)15-7/h3-4,14H,2,5-6H2,1H3,(H,11,13). The number of nitrogens with one attached hydrogen (secondary N) is 1. The van der Waals surface area contributed by atoms with Crippen molar-refractivity contribution in [3.63, 3.8) is 0 Å². The molecule has 6 heteroatoms. The Bertz CT molecular complexity index is 410. The van der Waals surface area contributed by atoms with Gasteiger partial charge in [-0.3, -0.25) is 0 Å². The molecule has 0 unspecified atom stereocenters. The minimum atomic E-state index is -0.0706. The number of hydrogen-bond acceptors (Lipinski definition) is 6. The van der Waals surface area contributed by atoms with Gasteiger partial charge in [-0.05, 0) is 18.6 Å². The summed E-state index contributed by atoms with van der Waals surface area (Å²) in [5.74, 6) is 1.35. The SMILES string of the molecule is CCc1nnc(NCc2ccc(CO)o2)s1. The van der Waals surface area contributed by atoms with E-state index in [1.165, 1.54) is 0 Å². The number of aliphatic hydroxyl groups is 1. The van der Waals surface area contributed by atoms with Gasteiger partial charge in [-0.2, -0.15) is 0 Å². The molecule has 0 aliphatic carbocycles. The summed E-state index contributed by atoms with van der Waals surface area (Å²) in [6.45, 7) is 2.53. The predicted octanol–water partition coefficient (Wildman–Crippen LogP) is 1.80. The molecule has 0 amide bonds. The minimum Gasteiger partial charge on any atom is -0.462 e. The smallest absolute Gasteiger partial charge is 0.206 e. The average Bonchev–Trinajstić information content (AvgIpc) is 2.95. The van der Waals surface area contributed by atoms with Gasteiger partial charge in [-0.25, -0.2) is 0 Å². The van der Waals surface area contributed by atoms with Crippen molar-refractivity contribution in [1.82, 2.24) is 10.2 Å². The Morgan fingerprint density at radius 1 is 1.38 bits per heavy atom. The fraction of sp³-hybridized carbons (Fsp3) is 0.400. The van der Waals surface area contributed by atoms with Gasteiger partial charge in [0.1, 0.15) is 23.1 Å². The second-order valence-electron chi connectivity index (χ2n) is 3.23. The molecule has 16 heavy (non-hydrogen) atoms. The highest BCUT2D eigenvalue weighted by Gasteiger charge is 2.04. The summed E-state index contributed by atoms with van der Waals surface area (Å²) in [6.07, 6.45) is 0.898. The Labute approximate surface area is 97.1 Å². The topological polar surface area (TPSA) is 71.2 Å². The molecule has 2 aromatic rings. The molecule has 0 saturated carbocycles. The van der Waals surface area contributed by atoms with Crippen LogP contribution in [0.5, 0.6) is 0 Å². The van der Waals surface area contributed by atoms with Crippen LogP contribution in [0.3, 0.4) is 0 Å². The van der Waals surface area contributed by atoms with Gasteiger partial charge in [0.2, 0.25) is 5.13 Å². The summed E-state index contributed by atoms with van der Waals surface area (Å²) >= 11 is 1.54. The Balaban J connectivity index is 1.91. The van der Waals surface area contributed by atoms with E-state index < -0.39 is 0 Å². The van der Waals surface area contributed by atoms with Crippen LogP contribution in [0.25, 0.3) is 0 Å². The number of nitrogens with zero attached hydrogens (tertiary/aromatic N) is 2. The molecule has 2 heterocycles. The van der Waals surface area contributed by atoms with Crippen molar-refractivity contribution < 1.29 is 9.52 Å². The number of anilines is 1. The quantitative estimate of drug-likeness (QED) is 0.832. The molecule has 0 aliphatic rings. The first kappa shape index (κ1) is 11.1. The first-order valence-corrected chi connectivity index (χ1v) is 5.88.